The zero-order valence-electron chi connectivity index (χ0n) is 16.9. The van der Waals surface area contributed by atoms with Crippen LogP contribution in [0.5, 0.6) is 17.2 Å². The van der Waals surface area contributed by atoms with Crippen LogP contribution in [-0.2, 0) is 9.53 Å². The average molecular weight is 398 g/mol. The summed E-state index contributed by atoms with van der Waals surface area (Å²) in [5.41, 5.74) is 1.75. The van der Waals surface area contributed by atoms with Crippen molar-refractivity contribution in [1.82, 2.24) is 0 Å². The Balaban J connectivity index is 2.12. The first kappa shape index (κ1) is 20.3. The number of rotatable bonds is 6. The van der Waals surface area contributed by atoms with Gasteiger partial charge in [0.2, 0.25) is 0 Å². The topological polar surface area (TPSA) is 84.2 Å². The molecule has 0 aliphatic carbocycles. The molecule has 0 aliphatic heterocycles. The molecule has 2 aromatic carbocycles. The van der Waals surface area contributed by atoms with Crippen molar-refractivity contribution in [1.29, 1.82) is 0 Å². The predicted molar refractivity (Wildman–Crippen MR) is 108 cm³/mol. The fourth-order valence-corrected chi connectivity index (χ4v) is 3.15. The van der Waals surface area contributed by atoms with Crippen LogP contribution in [0.1, 0.15) is 12.5 Å². The summed E-state index contributed by atoms with van der Waals surface area (Å²) in [6.07, 6.45) is -0.765. The summed E-state index contributed by atoms with van der Waals surface area (Å²) < 4.78 is 26.4. The third-order valence-electron chi connectivity index (χ3n) is 4.66. The Kier molecular flexibility index (Phi) is 5.77. The van der Waals surface area contributed by atoms with Gasteiger partial charge in [-0.05, 0) is 55.3 Å². The Morgan fingerprint density at radius 2 is 1.72 bits per heavy atom. The minimum atomic E-state index is -0.765. The summed E-state index contributed by atoms with van der Waals surface area (Å²) in [5, 5.41) is 0.698. The molecule has 1 atom stereocenters. The van der Waals surface area contributed by atoms with Crippen LogP contribution in [0.3, 0.4) is 0 Å². The second-order valence-electron chi connectivity index (χ2n) is 6.40. The maximum atomic E-state index is 12.7. The van der Waals surface area contributed by atoms with Gasteiger partial charge in [0, 0.05) is 5.39 Å². The molecule has 0 unspecified atom stereocenters. The molecule has 0 bridgehead atoms. The number of carbonyl (C=O) groups excluding carboxylic acids is 1. The van der Waals surface area contributed by atoms with Crippen molar-refractivity contribution >= 4 is 16.9 Å². The van der Waals surface area contributed by atoms with Gasteiger partial charge in [0.15, 0.2) is 17.6 Å². The molecule has 0 radical (unpaired) electrons. The SMILES string of the molecule is COC(=O)[C@@H](C)Oc1ccc2oc(=O)c(-c3ccc(OC)c(OC)c3)c(C)c2c1. The highest BCUT2D eigenvalue weighted by atomic mass is 16.6. The average Bonchev–Trinajstić information content (AvgIpc) is 2.73. The second-order valence-corrected chi connectivity index (χ2v) is 6.40. The Hall–Kier alpha value is -3.48. The summed E-state index contributed by atoms with van der Waals surface area (Å²) in [6.45, 7) is 3.43. The van der Waals surface area contributed by atoms with Gasteiger partial charge >= 0.3 is 11.6 Å². The number of hydrogen-bond donors (Lipinski definition) is 0. The highest BCUT2D eigenvalue weighted by Crippen LogP contribution is 2.34. The lowest BCUT2D eigenvalue weighted by atomic mass is 9.99. The van der Waals surface area contributed by atoms with Crippen molar-refractivity contribution in [3.8, 4) is 28.4 Å². The van der Waals surface area contributed by atoms with Crippen molar-refractivity contribution in [2.45, 2.75) is 20.0 Å². The van der Waals surface area contributed by atoms with E-state index in [4.69, 9.17) is 18.6 Å². The fourth-order valence-electron chi connectivity index (χ4n) is 3.15. The molecule has 7 heteroatoms. The van der Waals surface area contributed by atoms with Gasteiger partial charge in [0.1, 0.15) is 11.3 Å². The van der Waals surface area contributed by atoms with Crippen LogP contribution in [0.15, 0.2) is 45.6 Å². The highest BCUT2D eigenvalue weighted by Gasteiger charge is 2.18. The van der Waals surface area contributed by atoms with E-state index in [9.17, 15) is 9.59 Å². The van der Waals surface area contributed by atoms with Crippen LogP contribution in [0, 0.1) is 6.92 Å². The molecule has 0 N–H and O–H groups in total. The molecule has 29 heavy (non-hydrogen) atoms. The number of aryl methyl sites for hydroxylation is 1. The van der Waals surface area contributed by atoms with Gasteiger partial charge in [0.05, 0.1) is 26.9 Å². The number of ether oxygens (including phenoxy) is 4. The lowest BCUT2D eigenvalue weighted by Gasteiger charge is -2.14. The lowest BCUT2D eigenvalue weighted by Crippen LogP contribution is -2.24. The van der Waals surface area contributed by atoms with E-state index < -0.39 is 17.7 Å². The molecule has 0 amide bonds. The van der Waals surface area contributed by atoms with E-state index in [0.717, 1.165) is 5.56 Å². The summed E-state index contributed by atoms with van der Waals surface area (Å²) >= 11 is 0. The molecule has 0 fully saturated rings. The number of fused-ring (bicyclic) bond motifs is 1. The predicted octanol–water partition coefficient (Wildman–Crippen LogP) is 3.73. The molecule has 152 valence electrons. The molecular formula is C22H22O7. The summed E-state index contributed by atoms with van der Waals surface area (Å²) in [6, 6.07) is 10.2. The monoisotopic (exact) mass is 398 g/mol. The smallest absolute Gasteiger partial charge is 0.346 e. The summed E-state index contributed by atoms with van der Waals surface area (Å²) in [4.78, 5) is 24.3. The van der Waals surface area contributed by atoms with Gasteiger partial charge in [-0.3, -0.25) is 0 Å². The zero-order chi connectivity index (χ0) is 21.1. The maximum Gasteiger partial charge on any atom is 0.346 e. The summed E-state index contributed by atoms with van der Waals surface area (Å²) in [7, 11) is 4.38. The van der Waals surface area contributed by atoms with Crippen LogP contribution < -0.4 is 19.8 Å². The molecule has 0 saturated carbocycles. The van der Waals surface area contributed by atoms with Crippen molar-refractivity contribution in [3.05, 3.63) is 52.4 Å². The van der Waals surface area contributed by atoms with E-state index in [-0.39, 0.29) is 0 Å². The Labute approximate surface area is 167 Å². The Bertz CT molecular complexity index is 1110. The largest absolute Gasteiger partial charge is 0.493 e. The molecule has 0 saturated heterocycles. The standard InChI is InChI=1S/C22H22O7/c1-12-16-11-15(28-13(2)21(23)27-5)7-9-17(16)29-22(24)20(12)14-6-8-18(25-3)19(10-14)26-4/h6-11,13H,1-5H3/t13-/m1/s1. The van der Waals surface area contributed by atoms with Crippen molar-refractivity contribution in [2.75, 3.05) is 21.3 Å². The Morgan fingerprint density at radius 3 is 2.38 bits per heavy atom. The second kappa shape index (κ2) is 8.26. The number of benzene rings is 2. The first-order valence-corrected chi connectivity index (χ1v) is 8.94. The van der Waals surface area contributed by atoms with Gasteiger partial charge < -0.3 is 23.4 Å². The van der Waals surface area contributed by atoms with Crippen LogP contribution in [0.25, 0.3) is 22.1 Å². The number of hydrogen-bond acceptors (Lipinski definition) is 7. The fraction of sp³-hybridized carbons (Fsp3) is 0.273. The third kappa shape index (κ3) is 3.89. The quantitative estimate of drug-likeness (QED) is 0.462. The molecule has 3 rings (SSSR count). The normalized spacial score (nSPS) is 11.8. The molecule has 1 aromatic heterocycles. The molecule has 0 aliphatic rings. The molecular weight excluding hydrogens is 376 g/mol. The third-order valence-corrected chi connectivity index (χ3v) is 4.66. The van der Waals surface area contributed by atoms with Crippen molar-refractivity contribution in [2.24, 2.45) is 0 Å². The van der Waals surface area contributed by atoms with Crippen LogP contribution in [0.4, 0.5) is 0 Å². The molecule has 1 heterocycles. The van der Waals surface area contributed by atoms with Crippen LogP contribution in [0.2, 0.25) is 0 Å². The van der Waals surface area contributed by atoms with Crippen molar-refractivity contribution < 1.29 is 28.2 Å². The highest BCUT2D eigenvalue weighted by molar-refractivity contribution is 5.88. The van der Waals surface area contributed by atoms with E-state index >= 15 is 0 Å². The van der Waals surface area contributed by atoms with E-state index in [1.54, 1.807) is 50.4 Å². The first-order valence-electron chi connectivity index (χ1n) is 8.94. The Morgan fingerprint density at radius 1 is 1.00 bits per heavy atom. The zero-order valence-corrected chi connectivity index (χ0v) is 16.9. The van der Waals surface area contributed by atoms with Gasteiger partial charge in [-0.1, -0.05) is 6.07 Å². The van der Waals surface area contributed by atoms with E-state index in [1.165, 1.54) is 14.2 Å². The van der Waals surface area contributed by atoms with E-state index in [2.05, 4.69) is 4.74 Å². The van der Waals surface area contributed by atoms with Gasteiger partial charge in [-0.2, -0.15) is 0 Å². The number of carbonyl (C=O) groups is 1. The van der Waals surface area contributed by atoms with Crippen LogP contribution >= 0.6 is 0 Å². The first-order chi connectivity index (χ1) is 13.9. The van der Waals surface area contributed by atoms with E-state index in [1.807, 2.05) is 6.92 Å². The number of methoxy groups -OCH3 is 3. The van der Waals surface area contributed by atoms with Gasteiger partial charge in [0.25, 0.3) is 0 Å². The maximum absolute atomic E-state index is 12.7. The minimum absolute atomic E-state index is 0.414. The van der Waals surface area contributed by atoms with Gasteiger partial charge in [-0.15, -0.1) is 0 Å². The van der Waals surface area contributed by atoms with Gasteiger partial charge in [-0.25, -0.2) is 9.59 Å². The van der Waals surface area contributed by atoms with Crippen molar-refractivity contribution in [3.63, 3.8) is 0 Å². The molecule has 3 aromatic rings. The lowest BCUT2D eigenvalue weighted by molar-refractivity contribution is -0.147. The minimum Gasteiger partial charge on any atom is -0.493 e. The number of esters is 1. The van der Waals surface area contributed by atoms with Crippen LogP contribution in [-0.4, -0.2) is 33.4 Å². The summed E-state index contributed by atoms with van der Waals surface area (Å²) in [5.74, 6) is 1.05. The molecule has 0 spiro atoms. The van der Waals surface area contributed by atoms with E-state index in [0.29, 0.717) is 39.3 Å². The molecule has 7 nitrogen and oxygen atoms in total.